The third-order valence-corrected chi connectivity index (χ3v) is 6.59. The monoisotopic (exact) mass is 394 g/mol. The maximum absolute atomic E-state index is 12.9. The Morgan fingerprint density at radius 3 is 2.24 bits per heavy atom. The first-order valence-electron chi connectivity index (χ1n) is 8.33. The molecular formula is C21H18N2OSe. The average molecular weight is 393 g/mol. The Morgan fingerprint density at radius 2 is 1.60 bits per heavy atom. The van der Waals surface area contributed by atoms with Gasteiger partial charge in [0.2, 0.25) is 0 Å². The first-order valence-corrected chi connectivity index (χ1v) is 10.0. The van der Waals surface area contributed by atoms with Gasteiger partial charge in [-0.3, -0.25) is 0 Å². The summed E-state index contributed by atoms with van der Waals surface area (Å²) in [5.74, 6) is 0.213. The Hall–Kier alpha value is -2.42. The van der Waals surface area contributed by atoms with Crippen molar-refractivity contribution in [2.24, 2.45) is 0 Å². The summed E-state index contributed by atoms with van der Waals surface area (Å²) in [6, 6.07) is 22.1. The number of hydrogen-bond donors (Lipinski definition) is 0. The van der Waals surface area contributed by atoms with Gasteiger partial charge in [0.1, 0.15) is 0 Å². The van der Waals surface area contributed by atoms with Crippen molar-refractivity contribution in [2.75, 3.05) is 0 Å². The van der Waals surface area contributed by atoms with Crippen LogP contribution in [0.25, 0.3) is 25.5 Å². The molecule has 25 heavy (non-hydrogen) atoms. The third kappa shape index (κ3) is 2.88. The number of nitrogens with zero attached hydrogens (tertiary/aromatic N) is 2. The van der Waals surface area contributed by atoms with Gasteiger partial charge in [0.05, 0.1) is 0 Å². The molecule has 0 aliphatic rings. The fourth-order valence-electron chi connectivity index (χ4n) is 2.96. The number of aromatic nitrogens is 2. The van der Waals surface area contributed by atoms with Crippen molar-refractivity contribution in [1.82, 2.24) is 9.78 Å². The first-order chi connectivity index (χ1) is 12.1. The number of hydrogen-bond acceptors (Lipinski definition) is 2. The molecule has 0 aliphatic heterocycles. The van der Waals surface area contributed by atoms with E-state index in [1.165, 1.54) is 0 Å². The number of rotatable bonds is 3. The fraction of sp³-hybridized carbons (Fsp3) is 0.143. The second kappa shape index (κ2) is 6.47. The summed E-state index contributed by atoms with van der Waals surface area (Å²) in [4.78, 5) is 12.9. The van der Waals surface area contributed by atoms with Crippen LogP contribution in [0.1, 0.15) is 25.5 Å². The molecule has 2 aromatic carbocycles. The summed E-state index contributed by atoms with van der Waals surface area (Å²) in [5, 5.41) is 5.62. The van der Waals surface area contributed by atoms with E-state index in [4.69, 9.17) is 5.10 Å². The Bertz CT molecular complexity index is 1080. The standard InChI is InChI=1S/C21H18N2OSe/c1-14(2)20-19-17(24)13-18(15-9-5-3-6-10-15)25-21(19)23(22-20)16-11-7-4-8-12-16/h3-14H,1-2H3. The maximum atomic E-state index is 12.9. The van der Waals surface area contributed by atoms with Crippen LogP contribution in [-0.4, -0.2) is 24.3 Å². The normalized spacial score (nSPS) is 11.3. The molecule has 0 fully saturated rings. The summed E-state index contributed by atoms with van der Waals surface area (Å²) < 4.78 is 4.13. The zero-order valence-corrected chi connectivity index (χ0v) is 15.9. The quantitative estimate of drug-likeness (QED) is 0.488. The molecule has 0 bridgehead atoms. The van der Waals surface area contributed by atoms with E-state index in [1.54, 1.807) is 6.07 Å². The summed E-state index contributed by atoms with van der Waals surface area (Å²) in [5.41, 5.74) is 3.10. The Labute approximate surface area is 152 Å². The molecule has 4 heteroatoms. The van der Waals surface area contributed by atoms with E-state index in [-0.39, 0.29) is 25.9 Å². The predicted octanol–water partition coefficient (Wildman–Crippen LogP) is 4.23. The molecule has 2 heterocycles. The molecule has 0 aliphatic carbocycles. The second-order valence-electron chi connectivity index (χ2n) is 6.31. The minimum atomic E-state index is 0.0284. The van der Waals surface area contributed by atoms with E-state index < -0.39 is 0 Å². The fourth-order valence-corrected chi connectivity index (χ4v) is 5.41. The first kappa shape index (κ1) is 16.1. The van der Waals surface area contributed by atoms with E-state index >= 15 is 0 Å². The summed E-state index contributed by atoms with van der Waals surface area (Å²) in [6.45, 7) is 4.18. The molecule has 0 spiro atoms. The van der Waals surface area contributed by atoms with Crippen LogP contribution in [0.4, 0.5) is 0 Å². The van der Waals surface area contributed by atoms with Crippen molar-refractivity contribution in [3.8, 4) is 15.7 Å². The van der Waals surface area contributed by atoms with Crippen LogP contribution in [0.15, 0.2) is 71.5 Å². The predicted molar refractivity (Wildman–Crippen MR) is 104 cm³/mol. The van der Waals surface area contributed by atoms with Gasteiger partial charge < -0.3 is 0 Å². The number of benzene rings is 2. The SMILES string of the molecule is CC(C)c1nn(-c2ccccc2)c2[se]c(-c3ccccc3)cc(=O)c12. The van der Waals surface area contributed by atoms with Gasteiger partial charge in [-0.15, -0.1) is 0 Å². The molecule has 0 saturated carbocycles. The van der Waals surface area contributed by atoms with Gasteiger partial charge >= 0.3 is 152 Å². The van der Waals surface area contributed by atoms with E-state index in [1.807, 2.05) is 53.2 Å². The van der Waals surface area contributed by atoms with Crippen LogP contribution in [-0.2, 0) is 0 Å². The van der Waals surface area contributed by atoms with Crippen LogP contribution < -0.4 is 5.43 Å². The Kier molecular flexibility index (Phi) is 4.16. The van der Waals surface area contributed by atoms with Gasteiger partial charge in [-0.25, -0.2) is 0 Å². The van der Waals surface area contributed by atoms with Gasteiger partial charge in [0.25, 0.3) is 0 Å². The van der Waals surface area contributed by atoms with Crippen molar-refractivity contribution >= 4 is 24.3 Å². The van der Waals surface area contributed by atoms with Gasteiger partial charge in [-0.05, 0) is 0 Å². The van der Waals surface area contributed by atoms with Crippen molar-refractivity contribution < 1.29 is 0 Å². The number of fused-ring (bicyclic) bond motifs is 1. The van der Waals surface area contributed by atoms with Gasteiger partial charge in [-0.1, -0.05) is 0 Å². The summed E-state index contributed by atoms with van der Waals surface area (Å²) in [6.07, 6.45) is 0. The topological polar surface area (TPSA) is 34.9 Å². The second-order valence-corrected chi connectivity index (χ2v) is 8.47. The summed E-state index contributed by atoms with van der Waals surface area (Å²) in [7, 11) is 0. The van der Waals surface area contributed by atoms with Crippen LogP contribution in [0.5, 0.6) is 0 Å². The Morgan fingerprint density at radius 1 is 0.960 bits per heavy atom. The van der Waals surface area contributed by atoms with Crippen molar-refractivity contribution in [3.63, 3.8) is 0 Å². The molecule has 0 radical (unpaired) electrons. The van der Waals surface area contributed by atoms with E-state index in [9.17, 15) is 4.79 Å². The van der Waals surface area contributed by atoms with Gasteiger partial charge in [-0.2, -0.15) is 0 Å². The molecule has 4 rings (SSSR count). The van der Waals surface area contributed by atoms with Gasteiger partial charge in [0, 0.05) is 0 Å². The zero-order chi connectivity index (χ0) is 17.4. The third-order valence-electron chi connectivity index (χ3n) is 4.19. The Balaban J connectivity index is 2.06. The van der Waals surface area contributed by atoms with Crippen molar-refractivity contribution in [1.29, 1.82) is 0 Å². The van der Waals surface area contributed by atoms with Crippen molar-refractivity contribution in [2.45, 2.75) is 19.8 Å². The van der Waals surface area contributed by atoms with E-state index in [0.29, 0.717) is 0 Å². The van der Waals surface area contributed by atoms with E-state index in [2.05, 4.69) is 26.0 Å². The van der Waals surface area contributed by atoms with Gasteiger partial charge in [0.15, 0.2) is 0 Å². The van der Waals surface area contributed by atoms with Crippen LogP contribution in [0.2, 0.25) is 0 Å². The molecule has 4 aromatic rings. The summed E-state index contributed by atoms with van der Waals surface area (Å²) >= 11 is 0.0284. The molecule has 124 valence electrons. The molecule has 0 atom stereocenters. The van der Waals surface area contributed by atoms with Crippen molar-refractivity contribution in [3.05, 3.63) is 82.6 Å². The molecule has 3 nitrogen and oxygen atoms in total. The molecule has 0 N–H and O–H groups in total. The molecule has 2 aromatic heterocycles. The van der Waals surface area contributed by atoms with Crippen LogP contribution in [0.3, 0.4) is 0 Å². The van der Waals surface area contributed by atoms with Crippen LogP contribution in [0, 0.1) is 0 Å². The van der Waals surface area contributed by atoms with Crippen LogP contribution >= 0.6 is 0 Å². The number of para-hydroxylation sites is 1. The molecular weight excluding hydrogens is 375 g/mol. The molecule has 0 amide bonds. The molecule has 0 unspecified atom stereocenters. The molecule has 0 saturated heterocycles. The average Bonchev–Trinajstić information content (AvgIpc) is 3.04. The minimum absolute atomic E-state index is 0.0284. The zero-order valence-electron chi connectivity index (χ0n) is 14.1. The van der Waals surface area contributed by atoms with E-state index in [0.717, 1.165) is 31.2 Å².